The molecule has 0 aliphatic carbocycles. The summed E-state index contributed by atoms with van der Waals surface area (Å²) in [4.78, 5) is 24.2. The maximum absolute atomic E-state index is 12.5. The van der Waals surface area contributed by atoms with E-state index in [1.807, 2.05) is 49.8 Å². The van der Waals surface area contributed by atoms with Gasteiger partial charge in [0.15, 0.2) is 0 Å². The second kappa shape index (κ2) is 8.98. The molecule has 1 aromatic heterocycles. The number of aromatic nitrogens is 2. The van der Waals surface area contributed by atoms with Crippen molar-refractivity contribution in [2.45, 2.75) is 39.2 Å². The van der Waals surface area contributed by atoms with Crippen LogP contribution in [0.4, 0.5) is 0 Å². The van der Waals surface area contributed by atoms with Gasteiger partial charge in [-0.25, -0.2) is 0 Å². The van der Waals surface area contributed by atoms with Crippen molar-refractivity contribution in [1.29, 1.82) is 0 Å². The van der Waals surface area contributed by atoms with Crippen LogP contribution in [0.15, 0.2) is 28.7 Å². The van der Waals surface area contributed by atoms with E-state index in [9.17, 15) is 9.59 Å². The van der Waals surface area contributed by atoms with E-state index >= 15 is 0 Å². The normalized spacial score (nSPS) is 11.9. The first kappa shape index (κ1) is 20.2. The molecule has 140 valence electrons. The Balaban J connectivity index is 2.07. The minimum absolute atomic E-state index is 0.0869. The van der Waals surface area contributed by atoms with Gasteiger partial charge in [-0.2, -0.15) is 5.10 Å². The van der Waals surface area contributed by atoms with E-state index in [2.05, 4.69) is 26.3 Å². The Morgan fingerprint density at radius 3 is 2.65 bits per heavy atom. The molecule has 2 aromatic rings. The number of aryl methyl sites for hydroxylation is 2. The van der Waals surface area contributed by atoms with Crippen molar-refractivity contribution in [3.8, 4) is 0 Å². The van der Waals surface area contributed by atoms with Crippen LogP contribution < -0.4 is 5.32 Å². The zero-order valence-corrected chi connectivity index (χ0v) is 17.1. The number of rotatable bonds is 7. The Bertz CT molecular complexity index is 801. The molecule has 2 rings (SSSR count). The predicted molar refractivity (Wildman–Crippen MR) is 103 cm³/mol. The van der Waals surface area contributed by atoms with Gasteiger partial charge < -0.3 is 10.1 Å². The molecule has 7 heteroatoms. The van der Waals surface area contributed by atoms with Gasteiger partial charge in [0.05, 0.1) is 25.3 Å². The molecule has 0 saturated carbocycles. The first-order chi connectivity index (χ1) is 12.3. The third-order valence-corrected chi connectivity index (χ3v) is 4.94. The van der Waals surface area contributed by atoms with Crippen LogP contribution in [0.3, 0.4) is 0 Å². The van der Waals surface area contributed by atoms with Gasteiger partial charge in [-0.15, -0.1) is 0 Å². The van der Waals surface area contributed by atoms with E-state index in [1.54, 1.807) is 0 Å². The fourth-order valence-corrected chi connectivity index (χ4v) is 3.33. The molecular formula is C19H24BrN3O3. The molecule has 1 unspecified atom stereocenters. The summed E-state index contributed by atoms with van der Waals surface area (Å²) in [6.45, 7) is 3.94. The molecule has 0 radical (unpaired) electrons. The SMILES string of the molecule is COC(=O)CC(NC(=O)CCc1c(C)nn(C)c1C)c1cccc(Br)c1. The number of methoxy groups -OCH3 is 1. The Labute approximate surface area is 162 Å². The largest absolute Gasteiger partial charge is 0.469 e. The fraction of sp³-hybridized carbons (Fsp3) is 0.421. The number of carbonyl (C=O) groups is 2. The molecule has 1 aromatic carbocycles. The predicted octanol–water partition coefficient (Wildman–Crippen LogP) is 3.15. The quantitative estimate of drug-likeness (QED) is 0.696. The fourth-order valence-electron chi connectivity index (χ4n) is 2.91. The van der Waals surface area contributed by atoms with Gasteiger partial charge in [0.2, 0.25) is 5.91 Å². The summed E-state index contributed by atoms with van der Waals surface area (Å²) in [6, 6.07) is 7.12. The number of nitrogens with one attached hydrogen (secondary N) is 1. The van der Waals surface area contributed by atoms with Crippen LogP contribution >= 0.6 is 15.9 Å². The van der Waals surface area contributed by atoms with E-state index in [1.165, 1.54) is 7.11 Å². The van der Waals surface area contributed by atoms with Gasteiger partial charge in [0.25, 0.3) is 0 Å². The highest BCUT2D eigenvalue weighted by atomic mass is 79.9. The molecule has 0 spiro atoms. The summed E-state index contributed by atoms with van der Waals surface area (Å²) in [5.74, 6) is -0.476. The van der Waals surface area contributed by atoms with Gasteiger partial charge in [0, 0.05) is 23.6 Å². The molecule has 0 saturated heterocycles. The average Bonchev–Trinajstić information content (AvgIpc) is 2.84. The minimum atomic E-state index is -0.427. The maximum atomic E-state index is 12.5. The lowest BCUT2D eigenvalue weighted by Gasteiger charge is -2.18. The van der Waals surface area contributed by atoms with Gasteiger partial charge in [-0.1, -0.05) is 28.1 Å². The van der Waals surface area contributed by atoms with Crippen molar-refractivity contribution in [2.75, 3.05) is 7.11 Å². The number of benzene rings is 1. The third-order valence-electron chi connectivity index (χ3n) is 4.45. The molecular weight excluding hydrogens is 398 g/mol. The number of ether oxygens (including phenoxy) is 1. The second-order valence-electron chi connectivity index (χ2n) is 6.23. The van der Waals surface area contributed by atoms with E-state index < -0.39 is 6.04 Å². The van der Waals surface area contributed by atoms with Gasteiger partial charge in [0.1, 0.15) is 0 Å². The zero-order valence-electron chi connectivity index (χ0n) is 15.5. The molecule has 0 aliphatic rings. The van der Waals surface area contributed by atoms with Crippen LogP contribution in [0, 0.1) is 13.8 Å². The monoisotopic (exact) mass is 421 g/mol. The molecule has 1 heterocycles. The summed E-state index contributed by atoms with van der Waals surface area (Å²) >= 11 is 3.42. The lowest BCUT2D eigenvalue weighted by Crippen LogP contribution is -2.30. The summed E-state index contributed by atoms with van der Waals surface area (Å²) in [5.41, 5.74) is 3.95. The van der Waals surface area contributed by atoms with Crippen molar-refractivity contribution >= 4 is 27.8 Å². The molecule has 1 atom stereocenters. The molecule has 0 fully saturated rings. The molecule has 0 bridgehead atoms. The summed E-state index contributed by atoms with van der Waals surface area (Å²) in [7, 11) is 3.24. The van der Waals surface area contributed by atoms with Crippen LogP contribution in [0.25, 0.3) is 0 Å². The molecule has 1 N–H and O–H groups in total. The molecule has 26 heavy (non-hydrogen) atoms. The number of halogens is 1. The van der Waals surface area contributed by atoms with Crippen LogP contribution in [-0.2, 0) is 27.8 Å². The lowest BCUT2D eigenvalue weighted by atomic mass is 10.0. The number of hydrogen-bond donors (Lipinski definition) is 1. The zero-order chi connectivity index (χ0) is 19.3. The number of amides is 1. The standard InChI is InChI=1S/C19H24BrN3O3/c1-12-16(13(2)23(3)22-12)8-9-18(24)21-17(11-19(25)26-4)14-6-5-7-15(20)10-14/h5-7,10,17H,8-9,11H2,1-4H3,(H,21,24). The van der Waals surface area contributed by atoms with Crippen molar-refractivity contribution in [1.82, 2.24) is 15.1 Å². The third kappa shape index (κ3) is 5.17. The topological polar surface area (TPSA) is 73.2 Å². The van der Waals surface area contributed by atoms with Crippen LogP contribution in [-0.4, -0.2) is 28.8 Å². The first-order valence-corrected chi connectivity index (χ1v) is 9.21. The van der Waals surface area contributed by atoms with Crippen molar-refractivity contribution in [3.05, 3.63) is 51.3 Å². The van der Waals surface area contributed by atoms with Crippen LogP contribution in [0.1, 0.15) is 41.4 Å². The van der Waals surface area contributed by atoms with Gasteiger partial charge in [-0.05, 0) is 43.5 Å². The lowest BCUT2D eigenvalue weighted by molar-refractivity contribution is -0.141. The highest BCUT2D eigenvalue weighted by Crippen LogP contribution is 2.22. The van der Waals surface area contributed by atoms with Crippen LogP contribution in [0.5, 0.6) is 0 Å². The summed E-state index contributed by atoms with van der Waals surface area (Å²) in [5, 5.41) is 7.33. The van der Waals surface area contributed by atoms with Crippen molar-refractivity contribution in [3.63, 3.8) is 0 Å². The first-order valence-electron chi connectivity index (χ1n) is 8.42. The Morgan fingerprint density at radius 1 is 1.35 bits per heavy atom. The average molecular weight is 422 g/mol. The molecule has 0 aliphatic heterocycles. The molecule has 6 nitrogen and oxygen atoms in total. The smallest absolute Gasteiger partial charge is 0.307 e. The number of nitrogens with zero attached hydrogens (tertiary/aromatic N) is 2. The minimum Gasteiger partial charge on any atom is -0.469 e. The highest BCUT2D eigenvalue weighted by Gasteiger charge is 2.20. The highest BCUT2D eigenvalue weighted by molar-refractivity contribution is 9.10. The van der Waals surface area contributed by atoms with Crippen molar-refractivity contribution < 1.29 is 14.3 Å². The molecule has 1 amide bonds. The Kier molecular flexibility index (Phi) is 6.97. The second-order valence-corrected chi connectivity index (χ2v) is 7.14. The number of carbonyl (C=O) groups excluding carboxylic acids is 2. The maximum Gasteiger partial charge on any atom is 0.307 e. The van der Waals surface area contributed by atoms with Crippen molar-refractivity contribution in [2.24, 2.45) is 7.05 Å². The summed E-state index contributed by atoms with van der Waals surface area (Å²) in [6.07, 6.45) is 1.03. The van der Waals surface area contributed by atoms with Crippen LogP contribution in [0.2, 0.25) is 0 Å². The van der Waals surface area contributed by atoms with Gasteiger partial charge >= 0.3 is 5.97 Å². The van der Waals surface area contributed by atoms with E-state index in [4.69, 9.17) is 4.74 Å². The Hall–Kier alpha value is -2.15. The van der Waals surface area contributed by atoms with E-state index in [0.717, 1.165) is 27.0 Å². The summed E-state index contributed by atoms with van der Waals surface area (Å²) < 4.78 is 7.48. The van der Waals surface area contributed by atoms with E-state index in [0.29, 0.717) is 12.8 Å². The number of hydrogen-bond acceptors (Lipinski definition) is 4. The Morgan fingerprint density at radius 2 is 2.08 bits per heavy atom. The number of esters is 1. The van der Waals surface area contributed by atoms with Gasteiger partial charge in [-0.3, -0.25) is 14.3 Å². The van der Waals surface area contributed by atoms with E-state index in [-0.39, 0.29) is 18.3 Å².